The summed E-state index contributed by atoms with van der Waals surface area (Å²) in [6.45, 7) is 3.25. The highest BCUT2D eigenvalue weighted by molar-refractivity contribution is 7.14. The minimum absolute atomic E-state index is 0.00103. The molecule has 0 aromatic carbocycles. The van der Waals surface area contributed by atoms with Crippen molar-refractivity contribution in [3.05, 3.63) is 51.9 Å². The summed E-state index contributed by atoms with van der Waals surface area (Å²) in [6.07, 6.45) is 3.00. The Hall–Kier alpha value is -3.52. The molecule has 0 unspecified atom stereocenters. The van der Waals surface area contributed by atoms with Gasteiger partial charge in [-0.3, -0.25) is 29.8 Å². The van der Waals surface area contributed by atoms with Crippen molar-refractivity contribution in [3.8, 4) is 0 Å². The van der Waals surface area contributed by atoms with Gasteiger partial charge in [0.05, 0.1) is 41.8 Å². The van der Waals surface area contributed by atoms with E-state index in [2.05, 4.69) is 21.1 Å². The third-order valence-electron chi connectivity index (χ3n) is 3.78. The third-order valence-corrected chi connectivity index (χ3v) is 5.73. The largest absolute Gasteiger partial charge is 0.283 e. The van der Waals surface area contributed by atoms with Crippen LogP contribution in [0.1, 0.15) is 38.8 Å². The molecule has 14 heteroatoms. The lowest BCUT2D eigenvalue weighted by molar-refractivity contribution is -0.385. The van der Waals surface area contributed by atoms with Gasteiger partial charge in [0, 0.05) is 25.0 Å². The van der Waals surface area contributed by atoms with E-state index in [1.807, 2.05) is 0 Å². The van der Waals surface area contributed by atoms with Gasteiger partial charge >= 0.3 is 0 Å². The summed E-state index contributed by atoms with van der Waals surface area (Å²) in [4.78, 5) is 46.3. The van der Waals surface area contributed by atoms with Crippen LogP contribution < -0.4 is 10.9 Å². The molecule has 2 heterocycles. The monoisotopic (exact) mass is 466 g/mol. The minimum atomic E-state index is -0.484. The van der Waals surface area contributed by atoms with Gasteiger partial charge < -0.3 is 0 Å². The van der Waals surface area contributed by atoms with Gasteiger partial charge in [0.1, 0.15) is 0 Å². The van der Waals surface area contributed by atoms with E-state index in [9.17, 15) is 29.8 Å². The Balaban J connectivity index is 1.69. The first-order valence-corrected chi connectivity index (χ1v) is 10.4. The normalized spacial score (nSPS) is 11.2. The first-order chi connectivity index (χ1) is 14.7. The second-order valence-corrected chi connectivity index (χ2v) is 8.71. The molecule has 2 aromatic heterocycles. The Kier molecular flexibility index (Phi) is 8.45. The highest BCUT2D eigenvalue weighted by Crippen LogP contribution is 2.27. The number of nitrogens with one attached hydrogen (secondary N) is 2. The van der Waals surface area contributed by atoms with Crippen LogP contribution in [0.4, 0.5) is 11.4 Å². The van der Waals surface area contributed by atoms with Crippen LogP contribution in [0.5, 0.6) is 0 Å². The van der Waals surface area contributed by atoms with Crippen LogP contribution in [-0.2, 0) is 9.59 Å². The highest BCUT2D eigenvalue weighted by Gasteiger charge is 2.15. The molecule has 0 bridgehead atoms. The smallest absolute Gasteiger partial charge is 0.273 e. The van der Waals surface area contributed by atoms with E-state index < -0.39 is 21.7 Å². The summed E-state index contributed by atoms with van der Waals surface area (Å²) in [6, 6.07) is 2.74. The van der Waals surface area contributed by atoms with Crippen molar-refractivity contribution in [2.24, 2.45) is 10.2 Å². The molecule has 0 atom stereocenters. The van der Waals surface area contributed by atoms with E-state index in [4.69, 9.17) is 0 Å². The summed E-state index contributed by atoms with van der Waals surface area (Å²) in [5.74, 6) is -0.812. The van der Waals surface area contributed by atoms with Crippen molar-refractivity contribution in [1.29, 1.82) is 0 Å². The van der Waals surface area contributed by atoms with Gasteiger partial charge in [-0.15, -0.1) is 22.7 Å². The fourth-order valence-corrected chi connectivity index (χ4v) is 4.07. The van der Waals surface area contributed by atoms with E-state index in [0.717, 1.165) is 0 Å². The van der Waals surface area contributed by atoms with Crippen LogP contribution in [0.15, 0.2) is 22.3 Å². The molecule has 2 amide bonds. The maximum atomic E-state index is 11.7. The number of aryl methyl sites for hydroxylation is 2. The van der Waals surface area contributed by atoms with Crippen molar-refractivity contribution in [2.45, 2.75) is 33.1 Å². The first-order valence-electron chi connectivity index (χ1n) is 8.81. The quantitative estimate of drug-likeness (QED) is 0.310. The Morgan fingerprint density at radius 3 is 1.61 bits per heavy atom. The molecule has 0 aliphatic heterocycles. The summed E-state index contributed by atoms with van der Waals surface area (Å²) in [5.41, 5.74) is 4.59. The van der Waals surface area contributed by atoms with Crippen LogP contribution in [-0.4, -0.2) is 34.1 Å². The molecule has 0 spiro atoms. The molecule has 12 nitrogen and oxygen atoms in total. The van der Waals surface area contributed by atoms with Gasteiger partial charge in [0.25, 0.3) is 11.4 Å². The number of hydrazone groups is 2. The molecule has 0 saturated heterocycles. The molecule has 0 radical (unpaired) electrons. The number of carbonyl (C=O) groups is 2. The summed E-state index contributed by atoms with van der Waals surface area (Å²) in [7, 11) is 0. The number of nitrogens with zero attached hydrogens (tertiary/aromatic N) is 4. The zero-order valence-corrected chi connectivity index (χ0v) is 18.1. The zero-order valence-electron chi connectivity index (χ0n) is 16.5. The van der Waals surface area contributed by atoms with Gasteiger partial charge in [0.2, 0.25) is 11.8 Å². The number of hydrogen-bond donors (Lipinski definition) is 2. The summed E-state index contributed by atoms with van der Waals surface area (Å²) in [5, 5.41) is 29.1. The number of thiophene rings is 2. The van der Waals surface area contributed by atoms with E-state index in [-0.39, 0.29) is 30.6 Å². The lowest BCUT2D eigenvalue weighted by Gasteiger charge is -2.00. The number of nitro groups is 2. The Bertz CT molecular complexity index is 975. The van der Waals surface area contributed by atoms with Crippen LogP contribution in [0.3, 0.4) is 0 Å². The SMILES string of the molecule is Cc1sc(/C=N/NC(=O)CCCC(=O)N/N=C/c2cc([N+](=O)[O-])c(C)s2)cc1[N+](=O)[O-]. The molecule has 0 saturated carbocycles. The summed E-state index contributed by atoms with van der Waals surface area (Å²) >= 11 is 2.37. The molecule has 31 heavy (non-hydrogen) atoms. The second kappa shape index (κ2) is 11.0. The molecule has 2 rings (SSSR count). The van der Waals surface area contributed by atoms with Gasteiger partial charge in [-0.2, -0.15) is 10.2 Å². The Morgan fingerprint density at radius 2 is 1.29 bits per heavy atom. The average Bonchev–Trinajstić information content (AvgIpc) is 3.24. The summed E-state index contributed by atoms with van der Waals surface area (Å²) < 4.78 is 0. The van der Waals surface area contributed by atoms with E-state index in [1.165, 1.54) is 47.2 Å². The minimum Gasteiger partial charge on any atom is -0.273 e. The van der Waals surface area contributed by atoms with Crippen molar-refractivity contribution in [2.75, 3.05) is 0 Å². The highest BCUT2D eigenvalue weighted by atomic mass is 32.1. The molecule has 2 N–H and O–H groups in total. The van der Waals surface area contributed by atoms with Crippen LogP contribution >= 0.6 is 22.7 Å². The fraction of sp³-hybridized carbons (Fsp3) is 0.294. The van der Waals surface area contributed by atoms with Crippen LogP contribution in [0.2, 0.25) is 0 Å². The second-order valence-electron chi connectivity index (χ2n) is 6.13. The maximum absolute atomic E-state index is 11.7. The lowest BCUT2D eigenvalue weighted by atomic mass is 10.2. The zero-order chi connectivity index (χ0) is 23.0. The standard InChI is InChI=1S/C17H18N6O6S2/c1-10-14(22(26)27)6-12(30-10)8-18-20-16(24)4-3-5-17(25)21-19-9-13-7-15(23(28)29)11(2)31-13/h6-9H,3-5H2,1-2H3,(H,20,24)(H,21,25)/b18-8+,19-9+. The van der Waals surface area contributed by atoms with Crippen molar-refractivity contribution < 1.29 is 19.4 Å². The predicted molar refractivity (Wildman–Crippen MR) is 117 cm³/mol. The molecule has 0 fully saturated rings. The molecule has 0 aliphatic rings. The third kappa shape index (κ3) is 7.35. The van der Waals surface area contributed by atoms with E-state index >= 15 is 0 Å². The van der Waals surface area contributed by atoms with Crippen molar-refractivity contribution in [1.82, 2.24) is 10.9 Å². The number of amides is 2. The van der Waals surface area contributed by atoms with Crippen molar-refractivity contribution in [3.63, 3.8) is 0 Å². The van der Waals surface area contributed by atoms with E-state index in [0.29, 0.717) is 19.5 Å². The molecular formula is C17H18N6O6S2. The number of hydrogen-bond acceptors (Lipinski definition) is 10. The predicted octanol–water partition coefficient (Wildman–Crippen LogP) is 3.01. The lowest BCUT2D eigenvalue weighted by Crippen LogP contribution is -2.20. The molecule has 2 aromatic rings. The first kappa shape index (κ1) is 23.8. The van der Waals surface area contributed by atoms with Crippen LogP contribution in [0, 0.1) is 34.1 Å². The van der Waals surface area contributed by atoms with Crippen LogP contribution in [0.25, 0.3) is 0 Å². The van der Waals surface area contributed by atoms with Gasteiger partial charge in [-0.05, 0) is 20.3 Å². The van der Waals surface area contributed by atoms with Gasteiger partial charge in [0.15, 0.2) is 0 Å². The maximum Gasteiger partial charge on any atom is 0.283 e. The Morgan fingerprint density at radius 1 is 0.903 bits per heavy atom. The molecular weight excluding hydrogens is 448 g/mol. The number of carbonyl (C=O) groups excluding carboxylic acids is 2. The molecule has 164 valence electrons. The van der Waals surface area contributed by atoms with Gasteiger partial charge in [-0.25, -0.2) is 10.9 Å². The Labute approximate surface area is 184 Å². The number of rotatable bonds is 10. The van der Waals surface area contributed by atoms with E-state index in [1.54, 1.807) is 13.8 Å². The van der Waals surface area contributed by atoms with Gasteiger partial charge in [-0.1, -0.05) is 0 Å². The molecule has 0 aliphatic carbocycles. The van der Waals surface area contributed by atoms with Crippen molar-refractivity contribution >= 4 is 58.3 Å². The fourth-order valence-electron chi connectivity index (χ4n) is 2.34. The average molecular weight is 467 g/mol. The topological polar surface area (TPSA) is 169 Å².